The van der Waals surface area contributed by atoms with Crippen LogP contribution in [0.4, 0.5) is 0 Å². The highest BCUT2D eigenvalue weighted by molar-refractivity contribution is 9.10. The Morgan fingerprint density at radius 1 is 1.25 bits per heavy atom. The fourth-order valence-corrected chi connectivity index (χ4v) is 3.92. The lowest BCUT2D eigenvalue weighted by atomic mass is 10.1. The molecule has 128 valence electrons. The third kappa shape index (κ3) is 3.24. The molecule has 1 aliphatic heterocycles. The number of amides is 1. The molecule has 2 aromatic rings. The topological polar surface area (TPSA) is 36.7 Å². The molecule has 0 bridgehead atoms. The summed E-state index contributed by atoms with van der Waals surface area (Å²) in [6.07, 6.45) is 3.81. The predicted octanol–water partition coefficient (Wildman–Crippen LogP) is 4.06. The molecule has 1 amide bonds. The SMILES string of the molecule is Cc1c(C(=O)N2CCCN(CC3CC3)CC2)oc2ccc(Br)cc12. The lowest BCUT2D eigenvalue weighted by Gasteiger charge is -2.21. The fraction of sp³-hybridized carbons (Fsp3) is 0.526. The number of rotatable bonds is 3. The summed E-state index contributed by atoms with van der Waals surface area (Å²) >= 11 is 3.49. The van der Waals surface area contributed by atoms with E-state index >= 15 is 0 Å². The van der Waals surface area contributed by atoms with Gasteiger partial charge in [-0.2, -0.15) is 0 Å². The van der Waals surface area contributed by atoms with Crippen LogP contribution in [-0.4, -0.2) is 48.4 Å². The molecule has 2 heterocycles. The minimum absolute atomic E-state index is 0.0353. The van der Waals surface area contributed by atoms with Crippen molar-refractivity contribution < 1.29 is 9.21 Å². The Bertz CT molecular complexity index is 766. The van der Waals surface area contributed by atoms with Crippen LogP contribution in [-0.2, 0) is 0 Å². The Morgan fingerprint density at radius 2 is 2.08 bits per heavy atom. The highest BCUT2D eigenvalue weighted by atomic mass is 79.9. The number of hydrogen-bond donors (Lipinski definition) is 0. The van der Waals surface area contributed by atoms with E-state index in [2.05, 4.69) is 20.8 Å². The Balaban J connectivity index is 1.51. The number of hydrogen-bond acceptors (Lipinski definition) is 3. The van der Waals surface area contributed by atoms with Crippen LogP contribution in [0.1, 0.15) is 35.4 Å². The van der Waals surface area contributed by atoms with E-state index in [9.17, 15) is 4.79 Å². The summed E-state index contributed by atoms with van der Waals surface area (Å²) in [6, 6.07) is 5.88. The first kappa shape index (κ1) is 16.2. The maximum atomic E-state index is 13.0. The van der Waals surface area contributed by atoms with Gasteiger partial charge in [-0.05, 0) is 56.8 Å². The maximum absolute atomic E-state index is 13.0. The molecular weight excluding hydrogens is 368 g/mol. The number of halogens is 1. The molecule has 0 radical (unpaired) electrons. The van der Waals surface area contributed by atoms with Gasteiger partial charge in [0, 0.05) is 41.6 Å². The standard InChI is InChI=1S/C19H23BrN2O2/c1-13-16-11-15(20)5-6-17(16)24-18(13)19(23)22-8-2-7-21(9-10-22)12-14-3-4-14/h5-6,11,14H,2-4,7-10,12H2,1H3. The molecule has 0 unspecified atom stereocenters. The van der Waals surface area contributed by atoms with Crippen molar-refractivity contribution in [3.05, 3.63) is 34.0 Å². The quantitative estimate of drug-likeness (QED) is 0.792. The first-order chi connectivity index (χ1) is 11.6. The summed E-state index contributed by atoms with van der Waals surface area (Å²) < 4.78 is 6.89. The van der Waals surface area contributed by atoms with Gasteiger partial charge in [0.05, 0.1) is 0 Å². The minimum atomic E-state index is 0.0353. The summed E-state index contributed by atoms with van der Waals surface area (Å²) in [5.41, 5.74) is 1.72. The van der Waals surface area contributed by atoms with Crippen LogP contribution in [0.2, 0.25) is 0 Å². The van der Waals surface area contributed by atoms with Gasteiger partial charge in [-0.3, -0.25) is 4.79 Å². The van der Waals surface area contributed by atoms with E-state index in [1.165, 1.54) is 19.4 Å². The van der Waals surface area contributed by atoms with E-state index in [-0.39, 0.29) is 5.91 Å². The molecule has 0 N–H and O–H groups in total. The first-order valence-electron chi connectivity index (χ1n) is 8.82. The van der Waals surface area contributed by atoms with Gasteiger partial charge in [-0.25, -0.2) is 0 Å². The largest absolute Gasteiger partial charge is 0.451 e. The van der Waals surface area contributed by atoms with Gasteiger partial charge < -0.3 is 14.2 Å². The number of fused-ring (bicyclic) bond motifs is 1. The maximum Gasteiger partial charge on any atom is 0.289 e. The van der Waals surface area contributed by atoms with Crippen LogP contribution in [0, 0.1) is 12.8 Å². The normalized spacial score (nSPS) is 19.7. The van der Waals surface area contributed by atoms with E-state index in [0.717, 1.165) is 59.5 Å². The van der Waals surface area contributed by atoms with Crippen LogP contribution < -0.4 is 0 Å². The van der Waals surface area contributed by atoms with Crippen molar-refractivity contribution in [2.75, 3.05) is 32.7 Å². The molecular formula is C19H23BrN2O2. The van der Waals surface area contributed by atoms with Gasteiger partial charge in [0.1, 0.15) is 5.58 Å². The smallest absolute Gasteiger partial charge is 0.289 e. The molecule has 24 heavy (non-hydrogen) atoms. The number of furan rings is 1. The van der Waals surface area contributed by atoms with Crippen LogP contribution >= 0.6 is 15.9 Å². The molecule has 4 nitrogen and oxygen atoms in total. The molecule has 1 aromatic heterocycles. The van der Waals surface area contributed by atoms with Gasteiger partial charge in [0.25, 0.3) is 5.91 Å². The molecule has 1 aromatic carbocycles. The second kappa shape index (κ2) is 6.52. The van der Waals surface area contributed by atoms with E-state index in [4.69, 9.17) is 4.42 Å². The van der Waals surface area contributed by atoms with E-state index in [1.54, 1.807) is 0 Å². The number of benzene rings is 1. The number of carbonyl (C=O) groups excluding carboxylic acids is 1. The van der Waals surface area contributed by atoms with Crippen LogP contribution in [0.3, 0.4) is 0 Å². The molecule has 4 rings (SSSR count). The molecule has 0 spiro atoms. The van der Waals surface area contributed by atoms with Gasteiger partial charge in [0.2, 0.25) is 0 Å². The van der Waals surface area contributed by atoms with Crippen LogP contribution in [0.15, 0.2) is 27.1 Å². The summed E-state index contributed by atoms with van der Waals surface area (Å²) in [4.78, 5) is 17.5. The van der Waals surface area contributed by atoms with Gasteiger partial charge in [-0.15, -0.1) is 0 Å². The van der Waals surface area contributed by atoms with E-state index in [0.29, 0.717) is 5.76 Å². The van der Waals surface area contributed by atoms with Gasteiger partial charge in [-0.1, -0.05) is 15.9 Å². The predicted molar refractivity (Wildman–Crippen MR) is 98.3 cm³/mol. The summed E-state index contributed by atoms with van der Waals surface area (Å²) in [6.45, 7) is 6.88. The molecule has 0 atom stereocenters. The number of nitrogens with zero attached hydrogens (tertiary/aromatic N) is 2. The zero-order valence-corrected chi connectivity index (χ0v) is 15.6. The van der Waals surface area contributed by atoms with Crippen molar-refractivity contribution >= 4 is 32.8 Å². The average Bonchev–Trinajstić information content (AvgIpc) is 3.36. The summed E-state index contributed by atoms with van der Waals surface area (Å²) in [5.74, 6) is 1.44. The van der Waals surface area contributed by atoms with Crippen molar-refractivity contribution in [3.8, 4) is 0 Å². The van der Waals surface area contributed by atoms with E-state index in [1.807, 2.05) is 30.0 Å². The van der Waals surface area contributed by atoms with Crippen LogP contribution in [0.25, 0.3) is 11.0 Å². The van der Waals surface area contributed by atoms with Gasteiger partial charge in [0.15, 0.2) is 5.76 Å². The first-order valence-corrected chi connectivity index (χ1v) is 9.61. The Kier molecular flexibility index (Phi) is 4.39. The molecule has 5 heteroatoms. The van der Waals surface area contributed by atoms with Crippen molar-refractivity contribution in [3.63, 3.8) is 0 Å². The summed E-state index contributed by atoms with van der Waals surface area (Å²) in [7, 11) is 0. The second-order valence-corrected chi connectivity index (χ2v) is 8.00. The van der Waals surface area contributed by atoms with E-state index < -0.39 is 0 Å². The zero-order valence-electron chi connectivity index (χ0n) is 14.1. The van der Waals surface area contributed by atoms with Crippen molar-refractivity contribution in [1.82, 2.24) is 9.80 Å². The number of aryl methyl sites for hydroxylation is 1. The van der Waals surface area contributed by atoms with Crippen molar-refractivity contribution in [1.29, 1.82) is 0 Å². The van der Waals surface area contributed by atoms with Crippen molar-refractivity contribution in [2.45, 2.75) is 26.2 Å². The third-order valence-corrected chi connectivity index (χ3v) is 5.67. The average molecular weight is 391 g/mol. The Labute approximate surface area is 150 Å². The highest BCUT2D eigenvalue weighted by Gasteiger charge is 2.28. The lowest BCUT2D eigenvalue weighted by molar-refractivity contribution is 0.0730. The Hall–Kier alpha value is -1.33. The fourth-order valence-electron chi connectivity index (χ4n) is 3.56. The number of carbonyl (C=O) groups is 1. The molecule has 1 saturated heterocycles. The van der Waals surface area contributed by atoms with Crippen LogP contribution in [0.5, 0.6) is 0 Å². The second-order valence-electron chi connectivity index (χ2n) is 7.09. The monoisotopic (exact) mass is 390 g/mol. The lowest BCUT2D eigenvalue weighted by Crippen LogP contribution is -2.35. The molecule has 2 aliphatic rings. The zero-order chi connectivity index (χ0) is 16.7. The molecule has 1 saturated carbocycles. The third-order valence-electron chi connectivity index (χ3n) is 5.18. The molecule has 2 fully saturated rings. The minimum Gasteiger partial charge on any atom is -0.451 e. The highest BCUT2D eigenvalue weighted by Crippen LogP contribution is 2.31. The Morgan fingerprint density at radius 3 is 2.88 bits per heavy atom. The molecule has 1 aliphatic carbocycles. The summed E-state index contributed by atoms with van der Waals surface area (Å²) in [5, 5.41) is 1.01. The van der Waals surface area contributed by atoms with Gasteiger partial charge >= 0.3 is 0 Å². The van der Waals surface area contributed by atoms with Crippen molar-refractivity contribution in [2.24, 2.45) is 5.92 Å².